The van der Waals surface area contributed by atoms with E-state index in [4.69, 9.17) is 4.74 Å². The molecule has 0 saturated carbocycles. The van der Waals surface area contributed by atoms with Gasteiger partial charge in [-0.15, -0.1) is 0 Å². The summed E-state index contributed by atoms with van der Waals surface area (Å²) in [5.74, 6) is -0.853. The fraction of sp³-hybridized carbons (Fsp3) is 0.160. The third-order valence-corrected chi connectivity index (χ3v) is 5.16. The lowest BCUT2D eigenvalue weighted by Crippen LogP contribution is -2.39. The number of rotatable bonds is 4. The maximum Gasteiger partial charge on any atom is 0.329 e. The zero-order valence-electron chi connectivity index (χ0n) is 17.1. The van der Waals surface area contributed by atoms with Crippen LogP contribution in [0.4, 0.5) is 0 Å². The minimum absolute atomic E-state index is 0.223. The normalized spacial score (nSPS) is 17.2. The Kier molecular flexibility index (Phi) is 6.08. The van der Waals surface area contributed by atoms with Crippen LogP contribution in [-0.2, 0) is 9.59 Å². The molecule has 3 aromatic rings. The standard InChI is InChI=1S/C25H23N3O3/c1-17(18-10-4-2-5-11-18)26-24(29)25(30)28-27-21-16-23(19-12-6-3-7-13-19)31-22-15-9-8-14-20(21)22/h2-15,17,23H,16H2,1H3,(H,26,29)(H,28,30)/b27-21+. The van der Waals surface area contributed by atoms with Crippen LogP contribution in [0.5, 0.6) is 5.75 Å². The number of nitrogens with one attached hydrogen (secondary N) is 2. The molecule has 0 spiro atoms. The first kappa shape index (κ1) is 20.3. The van der Waals surface area contributed by atoms with Crippen molar-refractivity contribution >= 4 is 17.5 Å². The number of nitrogens with zero attached hydrogens (tertiary/aromatic N) is 1. The van der Waals surface area contributed by atoms with Gasteiger partial charge in [-0.25, -0.2) is 5.43 Å². The molecule has 0 fully saturated rings. The van der Waals surface area contributed by atoms with Crippen molar-refractivity contribution in [3.63, 3.8) is 0 Å². The van der Waals surface area contributed by atoms with E-state index in [1.165, 1.54) is 0 Å². The first-order valence-electron chi connectivity index (χ1n) is 10.1. The van der Waals surface area contributed by atoms with E-state index in [-0.39, 0.29) is 12.1 Å². The Morgan fingerprint density at radius 3 is 2.29 bits per heavy atom. The number of benzene rings is 3. The lowest BCUT2D eigenvalue weighted by atomic mass is 9.96. The fourth-order valence-electron chi connectivity index (χ4n) is 3.50. The van der Waals surface area contributed by atoms with Gasteiger partial charge in [-0.3, -0.25) is 9.59 Å². The van der Waals surface area contributed by atoms with E-state index in [1.807, 2.05) is 91.9 Å². The van der Waals surface area contributed by atoms with Gasteiger partial charge >= 0.3 is 11.8 Å². The highest BCUT2D eigenvalue weighted by molar-refractivity contribution is 6.35. The molecule has 2 amide bonds. The van der Waals surface area contributed by atoms with Gasteiger partial charge in [0, 0.05) is 12.0 Å². The van der Waals surface area contributed by atoms with Crippen LogP contribution >= 0.6 is 0 Å². The molecule has 0 radical (unpaired) electrons. The van der Waals surface area contributed by atoms with Gasteiger partial charge in [0.05, 0.1) is 11.8 Å². The number of amides is 2. The third-order valence-electron chi connectivity index (χ3n) is 5.16. The fourth-order valence-corrected chi connectivity index (χ4v) is 3.50. The van der Waals surface area contributed by atoms with Crippen LogP contribution in [0.25, 0.3) is 0 Å². The summed E-state index contributed by atoms with van der Waals surface area (Å²) in [5, 5.41) is 6.97. The Hall–Kier alpha value is -3.93. The van der Waals surface area contributed by atoms with Crippen LogP contribution in [-0.4, -0.2) is 17.5 Å². The van der Waals surface area contributed by atoms with E-state index in [2.05, 4.69) is 15.8 Å². The zero-order chi connectivity index (χ0) is 21.6. The van der Waals surface area contributed by atoms with Gasteiger partial charge in [0.15, 0.2) is 0 Å². The second-order valence-electron chi connectivity index (χ2n) is 7.32. The van der Waals surface area contributed by atoms with Crippen molar-refractivity contribution in [1.82, 2.24) is 10.7 Å². The SMILES string of the molecule is CC(NC(=O)C(=O)N/N=C1\CC(c2ccccc2)Oc2ccccc21)c1ccccc1. The van der Waals surface area contributed by atoms with Crippen molar-refractivity contribution in [1.29, 1.82) is 0 Å². The summed E-state index contributed by atoms with van der Waals surface area (Å²) in [7, 11) is 0. The van der Waals surface area contributed by atoms with Crippen molar-refractivity contribution in [2.75, 3.05) is 0 Å². The summed E-state index contributed by atoms with van der Waals surface area (Å²) < 4.78 is 6.13. The molecule has 0 bridgehead atoms. The summed E-state index contributed by atoms with van der Waals surface area (Å²) in [4.78, 5) is 24.7. The Morgan fingerprint density at radius 1 is 0.903 bits per heavy atom. The number of para-hydroxylation sites is 1. The maximum atomic E-state index is 12.4. The second-order valence-corrected chi connectivity index (χ2v) is 7.32. The zero-order valence-corrected chi connectivity index (χ0v) is 17.1. The van der Waals surface area contributed by atoms with Crippen LogP contribution in [0.3, 0.4) is 0 Å². The molecule has 31 heavy (non-hydrogen) atoms. The molecule has 2 atom stereocenters. The predicted octanol–water partition coefficient (Wildman–Crippen LogP) is 3.91. The van der Waals surface area contributed by atoms with Crippen molar-refractivity contribution in [3.8, 4) is 5.75 Å². The Bertz CT molecular complexity index is 1100. The molecule has 0 saturated heterocycles. The molecule has 156 valence electrons. The lowest BCUT2D eigenvalue weighted by Gasteiger charge is -2.27. The van der Waals surface area contributed by atoms with Crippen molar-refractivity contribution in [2.24, 2.45) is 5.10 Å². The summed E-state index contributed by atoms with van der Waals surface area (Å²) in [6.45, 7) is 1.82. The van der Waals surface area contributed by atoms with E-state index in [9.17, 15) is 9.59 Å². The second kappa shape index (κ2) is 9.26. The number of hydrazone groups is 1. The number of carbonyl (C=O) groups excluding carboxylic acids is 2. The quantitative estimate of drug-likeness (QED) is 0.503. The van der Waals surface area contributed by atoms with Crippen LogP contribution in [0.1, 0.15) is 42.2 Å². The Labute approximate surface area is 180 Å². The van der Waals surface area contributed by atoms with Crippen molar-refractivity contribution < 1.29 is 14.3 Å². The van der Waals surface area contributed by atoms with E-state index >= 15 is 0 Å². The topological polar surface area (TPSA) is 79.8 Å². The summed E-state index contributed by atoms with van der Waals surface area (Å²) >= 11 is 0. The minimum Gasteiger partial charge on any atom is -0.485 e. The van der Waals surface area contributed by atoms with E-state index in [0.717, 1.165) is 16.7 Å². The van der Waals surface area contributed by atoms with Gasteiger partial charge in [-0.1, -0.05) is 72.8 Å². The van der Waals surface area contributed by atoms with Gasteiger partial charge in [0.1, 0.15) is 11.9 Å². The largest absolute Gasteiger partial charge is 0.485 e. The van der Waals surface area contributed by atoms with Crippen LogP contribution in [0.15, 0.2) is 90.0 Å². The molecule has 6 heteroatoms. The minimum atomic E-state index is -0.810. The molecular weight excluding hydrogens is 390 g/mol. The summed E-state index contributed by atoms with van der Waals surface area (Å²) in [5.41, 5.74) is 5.80. The first-order valence-corrected chi connectivity index (χ1v) is 10.1. The lowest BCUT2D eigenvalue weighted by molar-refractivity contribution is -0.139. The molecule has 6 nitrogen and oxygen atoms in total. The molecule has 1 aliphatic rings. The number of hydrogen-bond acceptors (Lipinski definition) is 4. The average Bonchev–Trinajstić information content (AvgIpc) is 2.83. The molecule has 2 N–H and O–H groups in total. The highest BCUT2D eigenvalue weighted by Crippen LogP contribution is 2.34. The van der Waals surface area contributed by atoms with Gasteiger partial charge in [-0.05, 0) is 30.2 Å². The Balaban J connectivity index is 1.48. The third kappa shape index (κ3) is 4.80. The van der Waals surface area contributed by atoms with Gasteiger partial charge in [0.2, 0.25) is 0 Å². The summed E-state index contributed by atoms with van der Waals surface area (Å²) in [6, 6.07) is 26.5. The highest BCUT2D eigenvalue weighted by Gasteiger charge is 2.26. The monoisotopic (exact) mass is 413 g/mol. The molecule has 1 aliphatic heterocycles. The van der Waals surface area contributed by atoms with Gasteiger partial charge in [0.25, 0.3) is 0 Å². The Morgan fingerprint density at radius 2 is 1.55 bits per heavy atom. The number of fused-ring (bicyclic) bond motifs is 1. The molecule has 0 aliphatic carbocycles. The highest BCUT2D eigenvalue weighted by atomic mass is 16.5. The van der Waals surface area contributed by atoms with E-state index in [1.54, 1.807) is 0 Å². The van der Waals surface area contributed by atoms with Crippen LogP contribution in [0, 0.1) is 0 Å². The molecule has 1 heterocycles. The molecule has 2 unspecified atom stereocenters. The van der Waals surface area contributed by atoms with Gasteiger partial charge in [-0.2, -0.15) is 5.10 Å². The van der Waals surface area contributed by atoms with Crippen LogP contribution < -0.4 is 15.5 Å². The summed E-state index contributed by atoms with van der Waals surface area (Å²) in [6.07, 6.45) is 0.252. The molecule has 4 rings (SSSR count). The van der Waals surface area contributed by atoms with Gasteiger partial charge < -0.3 is 10.1 Å². The predicted molar refractivity (Wildman–Crippen MR) is 119 cm³/mol. The van der Waals surface area contributed by atoms with Crippen molar-refractivity contribution in [3.05, 3.63) is 102 Å². The molecule has 3 aromatic carbocycles. The van der Waals surface area contributed by atoms with E-state index in [0.29, 0.717) is 17.9 Å². The maximum absolute atomic E-state index is 12.4. The van der Waals surface area contributed by atoms with Crippen molar-refractivity contribution in [2.45, 2.75) is 25.5 Å². The molecule has 0 aromatic heterocycles. The average molecular weight is 413 g/mol. The smallest absolute Gasteiger partial charge is 0.329 e. The number of carbonyl (C=O) groups is 2. The first-order chi connectivity index (χ1) is 15.1. The van der Waals surface area contributed by atoms with Crippen LogP contribution in [0.2, 0.25) is 0 Å². The number of ether oxygens (including phenoxy) is 1. The number of hydrogen-bond donors (Lipinski definition) is 2. The van der Waals surface area contributed by atoms with E-state index < -0.39 is 11.8 Å². The molecular formula is C25H23N3O3.